The summed E-state index contributed by atoms with van der Waals surface area (Å²) in [6.07, 6.45) is 2.19. The van der Waals surface area contributed by atoms with Crippen LogP contribution in [0.1, 0.15) is 24.4 Å². The van der Waals surface area contributed by atoms with Crippen LogP contribution in [-0.4, -0.2) is 18.3 Å². The Morgan fingerprint density at radius 1 is 1.53 bits per heavy atom. The van der Waals surface area contributed by atoms with Gasteiger partial charge in [0.2, 0.25) is 5.76 Å². The summed E-state index contributed by atoms with van der Waals surface area (Å²) in [5.74, 6) is 1.11. The second-order valence-electron chi connectivity index (χ2n) is 4.14. The first kappa shape index (κ1) is 10.2. The predicted molar refractivity (Wildman–Crippen MR) is 53.9 cm³/mol. The summed E-state index contributed by atoms with van der Waals surface area (Å²) < 4.78 is 5.22. The van der Waals surface area contributed by atoms with Crippen LogP contribution in [0.4, 0.5) is 0 Å². The molecule has 1 aliphatic rings. The Kier molecular flexibility index (Phi) is 2.76. The van der Waals surface area contributed by atoms with Crippen molar-refractivity contribution in [1.82, 2.24) is 5.32 Å². The lowest BCUT2D eigenvalue weighted by atomic mass is 10.1. The molecule has 1 aliphatic carbocycles. The van der Waals surface area contributed by atoms with E-state index in [-0.39, 0.29) is 12.0 Å². The molecule has 1 aromatic rings. The number of nitrogens with zero attached hydrogens (tertiary/aromatic N) is 1. The third kappa shape index (κ3) is 2.38. The van der Waals surface area contributed by atoms with Crippen LogP contribution in [0.25, 0.3) is 0 Å². The third-order valence-corrected chi connectivity index (χ3v) is 2.86. The molecule has 0 amide bonds. The summed E-state index contributed by atoms with van der Waals surface area (Å²) >= 11 is 0. The monoisotopic (exact) mass is 206 g/mol. The lowest BCUT2D eigenvalue weighted by Crippen LogP contribution is -2.25. The van der Waals surface area contributed by atoms with Crippen molar-refractivity contribution in [2.75, 3.05) is 13.2 Å². The van der Waals surface area contributed by atoms with E-state index in [9.17, 15) is 0 Å². The standard InChI is InChI=1S/C11H14N2O2/c12-5-9-1-2-10(15-9)6-13-7-11(8-14)3-4-11/h1-2,13-14H,3-4,6-8H2. The van der Waals surface area contributed by atoms with Crippen LogP contribution < -0.4 is 5.32 Å². The number of aliphatic hydroxyl groups excluding tert-OH is 1. The Bertz CT molecular complexity index is 374. The minimum Gasteiger partial charge on any atom is -0.449 e. The van der Waals surface area contributed by atoms with E-state index >= 15 is 0 Å². The van der Waals surface area contributed by atoms with Gasteiger partial charge in [-0.05, 0) is 25.0 Å². The summed E-state index contributed by atoms with van der Waals surface area (Å²) in [4.78, 5) is 0. The first-order chi connectivity index (χ1) is 7.28. The van der Waals surface area contributed by atoms with Crippen LogP contribution in [-0.2, 0) is 6.54 Å². The largest absolute Gasteiger partial charge is 0.449 e. The van der Waals surface area contributed by atoms with Crippen molar-refractivity contribution in [2.24, 2.45) is 5.41 Å². The van der Waals surface area contributed by atoms with Crippen molar-refractivity contribution < 1.29 is 9.52 Å². The smallest absolute Gasteiger partial charge is 0.203 e. The van der Waals surface area contributed by atoms with Gasteiger partial charge in [-0.2, -0.15) is 5.26 Å². The van der Waals surface area contributed by atoms with Gasteiger partial charge in [-0.3, -0.25) is 0 Å². The zero-order chi connectivity index (χ0) is 10.7. The fourth-order valence-corrected chi connectivity index (χ4v) is 1.55. The van der Waals surface area contributed by atoms with Crippen LogP contribution in [0, 0.1) is 16.7 Å². The molecule has 2 rings (SSSR count). The van der Waals surface area contributed by atoms with Crippen molar-refractivity contribution in [3.05, 3.63) is 23.7 Å². The average Bonchev–Trinajstić information content (AvgIpc) is 2.89. The van der Waals surface area contributed by atoms with E-state index in [2.05, 4.69) is 5.32 Å². The van der Waals surface area contributed by atoms with Crippen LogP contribution in [0.2, 0.25) is 0 Å². The molecule has 2 N–H and O–H groups in total. The van der Waals surface area contributed by atoms with Crippen molar-refractivity contribution in [1.29, 1.82) is 5.26 Å². The molecule has 0 atom stereocenters. The highest BCUT2D eigenvalue weighted by Crippen LogP contribution is 2.44. The van der Waals surface area contributed by atoms with E-state index < -0.39 is 0 Å². The molecule has 1 saturated carbocycles. The first-order valence-corrected chi connectivity index (χ1v) is 5.08. The number of furan rings is 1. The van der Waals surface area contributed by atoms with Crippen molar-refractivity contribution in [2.45, 2.75) is 19.4 Å². The highest BCUT2D eigenvalue weighted by Gasteiger charge is 2.41. The van der Waals surface area contributed by atoms with Crippen LogP contribution in [0.15, 0.2) is 16.5 Å². The van der Waals surface area contributed by atoms with Gasteiger partial charge in [-0.1, -0.05) is 0 Å². The fraction of sp³-hybridized carbons (Fsp3) is 0.545. The lowest BCUT2D eigenvalue weighted by Gasteiger charge is -2.11. The van der Waals surface area contributed by atoms with E-state index in [1.807, 2.05) is 6.07 Å². The summed E-state index contributed by atoms with van der Waals surface area (Å²) in [5, 5.41) is 20.9. The molecule has 1 fully saturated rings. The van der Waals surface area contributed by atoms with Gasteiger partial charge in [-0.15, -0.1) is 0 Å². The maximum absolute atomic E-state index is 9.09. The molecule has 0 aromatic carbocycles. The van der Waals surface area contributed by atoms with E-state index in [0.717, 1.165) is 25.1 Å². The number of rotatable bonds is 5. The normalized spacial score (nSPS) is 17.3. The molecule has 1 aromatic heterocycles. The second kappa shape index (κ2) is 4.05. The minimum absolute atomic E-state index is 0.116. The maximum Gasteiger partial charge on any atom is 0.203 e. The predicted octanol–water partition coefficient (Wildman–Crippen LogP) is 1.01. The van der Waals surface area contributed by atoms with Gasteiger partial charge in [0, 0.05) is 18.6 Å². The Labute approximate surface area is 88.5 Å². The van der Waals surface area contributed by atoms with Gasteiger partial charge in [0.05, 0.1) is 6.54 Å². The topological polar surface area (TPSA) is 69.2 Å². The molecule has 0 spiro atoms. The van der Waals surface area contributed by atoms with Gasteiger partial charge in [-0.25, -0.2) is 0 Å². The molecular formula is C11H14N2O2. The SMILES string of the molecule is N#Cc1ccc(CNCC2(CO)CC2)o1. The van der Waals surface area contributed by atoms with Crippen LogP contribution >= 0.6 is 0 Å². The maximum atomic E-state index is 9.09. The van der Waals surface area contributed by atoms with Gasteiger partial charge >= 0.3 is 0 Å². The summed E-state index contributed by atoms with van der Waals surface area (Å²) in [6, 6.07) is 5.40. The van der Waals surface area contributed by atoms with Crippen LogP contribution in [0.3, 0.4) is 0 Å². The van der Waals surface area contributed by atoms with E-state index in [4.69, 9.17) is 14.8 Å². The Morgan fingerprint density at radius 2 is 2.33 bits per heavy atom. The highest BCUT2D eigenvalue weighted by molar-refractivity contribution is 5.18. The molecular weight excluding hydrogens is 192 g/mol. The molecule has 80 valence electrons. The van der Waals surface area contributed by atoms with E-state index in [0.29, 0.717) is 12.3 Å². The van der Waals surface area contributed by atoms with Gasteiger partial charge in [0.25, 0.3) is 0 Å². The van der Waals surface area contributed by atoms with Crippen molar-refractivity contribution >= 4 is 0 Å². The number of nitrogens with one attached hydrogen (secondary N) is 1. The van der Waals surface area contributed by atoms with Crippen molar-refractivity contribution in [3.63, 3.8) is 0 Å². The Balaban J connectivity index is 1.76. The molecule has 15 heavy (non-hydrogen) atoms. The quantitative estimate of drug-likeness (QED) is 0.754. The van der Waals surface area contributed by atoms with E-state index in [1.54, 1.807) is 12.1 Å². The summed E-state index contributed by atoms with van der Waals surface area (Å²) in [6.45, 7) is 1.68. The van der Waals surface area contributed by atoms with Gasteiger partial charge < -0.3 is 14.8 Å². The molecule has 4 nitrogen and oxygen atoms in total. The Hall–Kier alpha value is -1.31. The summed E-state index contributed by atoms with van der Waals surface area (Å²) in [7, 11) is 0. The molecule has 4 heteroatoms. The molecule has 1 heterocycles. The highest BCUT2D eigenvalue weighted by atomic mass is 16.3. The lowest BCUT2D eigenvalue weighted by molar-refractivity contribution is 0.206. The second-order valence-corrected chi connectivity index (χ2v) is 4.14. The van der Waals surface area contributed by atoms with Gasteiger partial charge in [0.1, 0.15) is 11.8 Å². The minimum atomic E-state index is 0.116. The third-order valence-electron chi connectivity index (χ3n) is 2.86. The molecule has 0 bridgehead atoms. The zero-order valence-electron chi connectivity index (χ0n) is 8.49. The summed E-state index contributed by atoms with van der Waals surface area (Å²) in [5.41, 5.74) is 0.116. The number of hydrogen-bond donors (Lipinski definition) is 2. The Morgan fingerprint density at radius 3 is 2.87 bits per heavy atom. The van der Waals surface area contributed by atoms with Crippen LogP contribution in [0.5, 0.6) is 0 Å². The van der Waals surface area contributed by atoms with Crippen molar-refractivity contribution in [3.8, 4) is 6.07 Å². The zero-order valence-corrected chi connectivity index (χ0v) is 8.49. The molecule has 0 unspecified atom stereocenters. The number of hydrogen-bond acceptors (Lipinski definition) is 4. The number of nitriles is 1. The average molecular weight is 206 g/mol. The molecule has 0 aliphatic heterocycles. The first-order valence-electron chi connectivity index (χ1n) is 5.08. The van der Waals surface area contributed by atoms with Gasteiger partial charge in [0.15, 0.2) is 0 Å². The molecule has 0 saturated heterocycles. The van der Waals surface area contributed by atoms with E-state index in [1.165, 1.54) is 0 Å². The number of aliphatic hydroxyl groups is 1. The molecule has 0 radical (unpaired) electrons. The fourth-order valence-electron chi connectivity index (χ4n) is 1.55.